The van der Waals surface area contributed by atoms with Crippen LogP contribution < -0.4 is 0 Å². The van der Waals surface area contributed by atoms with Crippen LogP contribution in [0.25, 0.3) is 0 Å². The SMILES string of the molecule is CCC(C)[C@]1(O)CC[C@@]2(C)[C@@H](CC[C@@H]3[C@@H]2CC[C@]2(C)[C@@H](O[Si](C)(C)C(C)(C)C)CC[C@@H]32)C1. The first kappa shape index (κ1) is 25.2. The van der Waals surface area contributed by atoms with Gasteiger partial charge < -0.3 is 9.53 Å². The van der Waals surface area contributed by atoms with E-state index in [1.54, 1.807) is 0 Å². The van der Waals surface area contributed by atoms with Crippen LogP contribution in [0, 0.1) is 40.4 Å². The number of aliphatic hydroxyl groups is 1. The molecule has 3 heteroatoms. The summed E-state index contributed by atoms with van der Waals surface area (Å²) in [5.41, 5.74) is 0.415. The quantitative estimate of drug-likeness (QED) is 0.427. The normalized spacial score (nSPS) is 48.0. The molecule has 4 aliphatic carbocycles. The molecule has 4 saturated carbocycles. The van der Waals surface area contributed by atoms with E-state index in [9.17, 15) is 5.11 Å². The Kier molecular flexibility index (Phi) is 6.38. The maximum atomic E-state index is 11.5. The number of hydrogen-bond acceptors (Lipinski definition) is 2. The fourth-order valence-corrected chi connectivity index (χ4v) is 10.2. The fourth-order valence-electron chi connectivity index (χ4n) is 8.78. The summed E-state index contributed by atoms with van der Waals surface area (Å²) in [6.07, 6.45) is 13.1. The van der Waals surface area contributed by atoms with Crippen molar-refractivity contribution >= 4 is 8.32 Å². The summed E-state index contributed by atoms with van der Waals surface area (Å²) in [4.78, 5) is 0. The van der Waals surface area contributed by atoms with E-state index in [2.05, 4.69) is 61.6 Å². The van der Waals surface area contributed by atoms with Crippen LogP contribution in [0.5, 0.6) is 0 Å². The van der Waals surface area contributed by atoms with E-state index < -0.39 is 13.9 Å². The minimum atomic E-state index is -1.74. The zero-order valence-corrected chi connectivity index (χ0v) is 23.9. The van der Waals surface area contributed by atoms with Crippen LogP contribution in [0.1, 0.15) is 113 Å². The van der Waals surface area contributed by atoms with Gasteiger partial charge in [0.15, 0.2) is 8.32 Å². The van der Waals surface area contributed by atoms with Crippen LogP contribution in [-0.2, 0) is 4.43 Å². The van der Waals surface area contributed by atoms with E-state index in [1.807, 2.05) is 0 Å². The molecular formula is C29H54O2Si. The highest BCUT2D eigenvalue weighted by Gasteiger charge is 2.62. The molecule has 186 valence electrons. The third kappa shape index (κ3) is 3.79. The van der Waals surface area contributed by atoms with E-state index in [-0.39, 0.29) is 0 Å². The van der Waals surface area contributed by atoms with Crippen molar-refractivity contribution in [3.63, 3.8) is 0 Å². The summed E-state index contributed by atoms with van der Waals surface area (Å²) in [6.45, 7) is 21.8. The molecule has 2 nitrogen and oxygen atoms in total. The highest BCUT2D eigenvalue weighted by atomic mass is 28.4. The van der Waals surface area contributed by atoms with Gasteiger partial charge in [0.1, 0.15) is 0 Å². The van der Waals surface area contributed by atoms with Gasteiger partial charge in [0.25, 0.3) is 0 Å². The molecule has 0 amide bonds. The number of hydrogen-bond donors (Lipinski definition) is 1. The van der Waals surface area contributed by atoms with E-state index in [1.165, 1.54) is 44.9 Å². The van der Waals surface area contributed by atoms with E-state index in [4.69, 9.17) is 4.43 Å². The molecule has 0 bridgehead atoms. The molecule has 0 radical (unpaired) electrons. The Balaban J connectivity index is 1.52. The highest BCUT2D eigenvalue weighted by Crippen LogP contribution is 2.68. The van der Waals surface area contributed by atoms with Crippen LogP contribution in [0.3, 0.4) is 0 Å². The summed E-state index contributed by atoms with van der Waals surface area (Å²) in [5, 5.41) is 11.8. The first-order valence-corrected chi connectivity index (χ1v) is 17.0. The number of fused-ring (bicyclic) bond motifs is 5. The summed E-state index contributed by atoms with van der Waals surface area (Å²) >= 11 is 0. The summed E-state index contributed by atoms with van der Waals surface area (Å²) in [5.74, 6) is 3.76. The molecular weight excluding hydrogens is 408 g/mol. The Morgan fingerprint density at radius 3 is 2.22 bits per heavy atom. The second-order valence-corrected chi connectivity index (χ2v) is 19.5. The Morgan fingerprint density at radius 2 is 1.59 bits per heavy atom. The predicted molar refractivity (Wildman–Crippen MR) is 138 cm³/mol. The van der Waals surface area contributed by atoms with Gasteiger partial charge in [-0.25, -0.2) is 0 Å². The molecule has 0 aromatic rings. The lowest BCUT2D eigenvalue weighted by atomic mass is 9.44. The monoisotopic (exact) mass is 462 g/mol. The van der Waals surface area contributed by atoms with Crippen LogP contribution >= 0.6 is 0 Å². The summed E-state index contributed by atoms with van der Waals surface area (Å²) in [6, 6.07) is 0. The zero-order valence-electron chi connectivity index (χ0n) is 22.9. The lowest BCUT2D eigenvalue weighted by molar-refractivity contribution is -0.165. The molecule has 4 aliphatic rings. The van der Waals surface area contributed by atoms with Crippen LogP contribution in [0.2, 0.25) is 18.1 Å². The van der Waals surface area contributed by atoms with Crippen molar-refractivity contribution in [3.05, 3.63) is 0 Å². The molecule has 1 N–H and O–H groups in total. The maximum absolute atomic E-state index is 11.5. The smallest absolute Gasteiger partial charge is 0.192 e. The second kappa shape index (κ2) is 8.09. The second-order valence-electron chi connectivity index (χ2n) is 14.8. The van der Waals surface area contributed by atoms with Crippen molar-refractivity contribution in [1.82, 2.24) is 0 Å². The van der Waals surface area contributed by atoms with Crippen molar-refractivity contribution in [1.29, 1.82) is 0 Å². The average Bonchev–Trinajstić information content (AvgIpc) is 3.03. The van der Waals surface area contributed by atoms with Gasteiger partial charge >= 0.3 is 0 Å². The Morgan fingerprint density at radius 1 is 0.938 bits per heavy atom. The molecule has 32 heavy (non-hydrogen) atoms. The van der Waals surface area contributed by atoms with Crippen LogP contribution in [0.4, 0.5) is 0 Å². The first-order chi connectivity index (χ1) is 14.7. The molecule has 0 heterocycles. The van der Waals surface area contributed by atoms with E-state index in [0.29, 0.717) is 27.9 Å². The molecule has 0 spiro atoms. The topological polar surface area (TPSA) is 29.5 Å². The van der Waals surface area contributed by atoms with Crippen molar-refractivity contribution < 1.29 is 9.53 Å². The Labute approximate surface area is 200 Å². The molecule has 0 aromatic heterocycles. The minimum absolute atomic E-state index is 0.290. The Hall–Kier alpha value is 0.137. The third-order valence-corrected chi connectivity index (χ3v) is 16.9. The van der Waals surface area contributed by atoms with Crippen LogP contribution in [-0.4, -0.2) is 25.1 Å². The van der Waals surface area contributed by atoms with Crippen LogP contribution in [0.15, 0.2) is 0 Å². The van der Waals surface area contributed by atoms with Gasteiger partial charge in [0.2, 0.25) is 0 Å². The van der Waals surface area contributed by atoms with Crippen molar-refractivity contribution in [2.75, 3.05) is 0 Å². The van der Waals surface area contributed by atoms with E-state index >= 15 is 0 Å². The molecule has 0 saturated heterocycles. The highest BCUT2D eigenvalue weighted by molar-refractivity contribution is 6.74. The van der Waals surface area contributed by atoms with Crippen molar-refractivity contribution in [2.45, 2.75) is 143 Å². The zero-order chi connectivity index (χ0) is 23.7. The van der Waals surface area contributed by atoms with Gasteiger partial charge in [0.05, 0.1) is 11.7 Å². The van der Waals surface area contributed by atoms with Gasteiger partial charge in [0, 0.05) is 0 Å². The lowest BCUT2D eigenvalue weighted by Gasteiger charge is -2.62. The average molecular weight is 463 g/mol. The standard InChI is InChI=1S/C29H54O2Si/c1-10-20(2)29(30)18-17-27(6)21(19-29)11-12-22-23-13-14-25(28(23,7)16-15-24(22)27)31-32(8,9)26(3,4)5/h20-25,30H,10-19H2,1-9H3/t20?,21-,22-,23-,24-,25-,27-,28-,29-/m0/s1. The van der Waals surface area contributed by atoms with Gasteiger partial charge in [-0.2, -0.15) is 0 Å². The van der Waals surface area contributed by atoms with E-state index in [0.717, 1.165) is 42.9 Å². The Bertz CT molecular complexity index is 698. The van der Waals surface area contributed by atoms with Gasteiger partial charge in [-0.15, -0.1) is 0 Å². The largest absolute Gasteiger partial charge is 0.413 e. The summed E-state index contributed by atoms with van der Waals surface area (Å²) < 4.78 is 7.12. The van der Waals surface area contributed by atoms with Gasteiger partial charge in [-0.1, -0.05) is 54.9 Å². The molecule has 0 aliphatic heterocycles. The van der Waals surface area contributed by atoms with Gasteiger partial charge in [-0.05, 0) is 116 Å². The molecule has 4 fully saturated rings. The summed E-state index contributed by atoms with van der Waals surface area (Å²) in [7, 11) is -1.74. The fraction of sp³-hybridized carbons (Fsp3) is 1.00. The molecule has 9 atom stereocenters. The lowest BCUT2D eigenvalue weighted by Crippen LogP contribution is -2.58. The first-order valence-electron chi connectivity index (χ1n) is 14.1. The predicted octanol–water partition coefficient (Wildman–Crippen LogP) is 8.20. The van der Waals surface area contributed by atoms with Crippen molar-refractivity contribution in [2.24, 2.45) is 40.4 Å². The number of rotatable bonds is 4. The van der Waals surface area contributed by atoms with Crippen molar-refractivity contribution in [3.8, 4) is 0 Å². The molecule has 0 aromatic carbocycles. The maximum Gasteiger partial charge on any atom is 0.192 e. The molecule has 4 rings (SSSR count). The minimum Gasteiger partial charge on any atom is -0.413 e. The molecule has 1 unspecified atom stereocenters. The van der Waals surface area contributed by atoms with Gasteiger partial charge in [-0.3, -0.25) is 0 Å². The third-order valence-electron chi connectivity index (χ3n) is 12.4.